The highest BCUT2D eigenvalue weighted by atomic mass is 16.3. The molecule has 78 valence electrons. The third kappa shape index (κ3) is 1.77. The molecule has 1 heterocycles. The SMILES string of the molecule is CC(O)Nc1[nH]c(=O)n(C)c(=O)c1N. The van der Waals surface area contributed by atoms with Gasteiger partial charge < -0.3 is 16.2 Å². The van der Waals surface area contributed by atoms with Crippen LogP contribution >= 0.6 is 0 Å². The first-order valence-corrected chi connectivity index (χ1v) is 3.97. The molecule has 14 heavy (non-hydrogen) atoms. The summed E-state index contributed by atoms with van der Waals surface area (Å²) in [5.74, 6) is 0.0353. The average molecular weight is 200 g/mol. The Hall–Kier alpha value is -1.76. The van der Waals surface area contributed by atoms with Crippen LogP contribution in [0.3, 0.4) is 0 Å². The van der Waals surface area contributed by atoms with Gasteiger partial charge in [-0.1, -0.05) is 0 Å². The monoisotopic (exact) mass is 200 g/mol. The van der Waals surface area contributed by atoms with E-state index < -0.39 is 17.5 Å². The summed E-state index contributed by atoms with van der Waals surface area (Å²) in [4.78, 5) is 24.7. The Balaban J connectivity index is 3.34. The minimum Gasteiger partial charge on any atom is -0.391 e. The lowest BCUT2D eigenvalue weighted by atomic mass is 10.4. The summed E-state index contributed by atoms with van der Waals surface area (Å²) in [6.45, 7) is 1.44. The number of rotatable bonds is 2. The number of aliphatic hydroxyl groups is 1. The van der Waals surface area contributed by atoms with Crippen LogP contribution in [-0.4, -0.2) is 20.9 Å². The number of nitrogen functional groups attached to an aromatic ring is 1. The maximum absolute atomic E-state index is 11.3. The van der Waals surface area contributed by atoms with E-state index in [9.17, 15) is 9.59 Å². The number of aliphatic hydroxyl groups excluding tert-OH is 1. The van der Waals surface area contributed by atoms with Crippen molar-refractivity contribution in [3.05, 3.63) is 20.8 Å². The first-order valence-electron chi connectivity index (χ1n) is 3.97. The summed E-state index contributed by atoms with van der Waals surface area (Å²) in [6, 6.07) is 0. The molecule has 1 aromatic rings. The summed E-state index contributed by atoms with van der Waals surface area (Å²) < 4.78 is 0.850. The Bertz CT molecular complexity index is 445. The van der Waals surface area contributed by atoms with E-state index in [0.717, 1.165) is 4.57 Å². The number of hydrogen-bond acceptors (Lipinski definition) is 5. The van der Waals surface area contributed by atoms with Crippen LogP contribution in [0.4, 0.5) is 11.5 Å². The van der Waals surface area contributed by atoms with Gasteiger partial charge in [-0.15, -0.1) is 0 Å². The Kier molecular flexibility index (Phi) is 2.61. The third-order valence-corrected chi connectivity index (χ3v) is 1.69. The molecule has 1 rings (SSSR count). The normalized spacial score (nSPS) is 12.5. The molecule has 0 fully saturated rings. The van der Waals surface area contributed by atoms with Crippen LogP contribution in [0.25, 0.3) is 0 Å². The van der Waals surface area contributed by atoms with Gasteiger partial charge in [0.15, 0.2) is 0 Å². The highest BCUT2D eigenvalue weighted by Crippen LogP contribution is 2.06. The van der Waals surface area contributed by atoms with E-state index in [0.29, 0.717) is 0 Å². The molecule has 7 heteroatoms. The van der Waals surface area contributed by atoms with E-state index >= 15 is 0 Å². The average Bonchev–Trinajstić information content (AvgIpc) is 2.10. The molecule has 0 spiro atoms. The van der Waals surface area contributed by atoms with E-state index in [1.54, 1.807) is 0 Å². The number of aromatic amines is 1. The van der Waals surface area contributed by atoms with Crippen molar-refractivity contribution < 1.29 is 5.11 Å². The fraction of sp³-hybridized carbons (Fsp3) is 0.429. The fourth-order valence-corrected chi connectivity index (χ4v) is 0.961. The zero-order valence-corrected chi connectivity index (χ0v) is 7.87. The van der Waals surface area contributed by atoms with Gasteiger partial charge in [0.05, 0.1) is 0 Å². The molecular formula is C7H12N4O3. The van der Waals surface area contributed by atoms with Gasteiger partial charge in [0, 0.05) is 7.05 Å². The first kappa shape index (κ1) is 10.3. The summed E-state index contributed by atoms with van der Waals surface area (Å²) in [5.41, 5.74) is 4.10. The van der Waals surface area contributed by atoms with Gasteiger partial charge in [-0.3, -0.25) is 14.3 Å². The molecule has 7 nitrogen and oxygen atoms in total. The summed E-state index contributed by atoms with van der Waals surface area (Å²) in [7, 11) is 1.31. The Labute approximate surface area is 79.2 Å². The molecule has 1 unspecified atom stereocenters. The lowest BCUT2D eigenvalue weighted by Crippen LogP contribution is -2.36. The molecular weight excluding hydrogens is 188 g/mol. The maximum atomic E-state index is 11.3. The van der Waals surface area contributed by atoms with Crippen LogP contribution in [-0.2, 0) is 7.05 Å². The smallest absolute Gasteiger partial charge is 0.329 e. The number of nitrogens with two attached hydrogens (primary N) is 1. The van der Waals surface area contributed by atoms with Crippen molar-refractivity contribution in [1.82, 2.24) is 9.55 Å². The zero-order valence-electron chi connectivity index (χ0n) is 7.87. The predicted molar refractivity (Wildman–Crippen MR) is 52.0 cm³/mol. The van der Waals surface area contributed by atoms with Gasteiger partial charge in [0.1, 0.15) is 17.7 Å². The Morgan fingerprint density at radius 1 is 1.57 bits per heavy atom. The molecule has 0 aliphatic carbocycles. The van der Waals surface area contributed by atoms with E-state index in [-0.39, 0.29) is 11.5 Å². The Morgan fingerprint density at radius 3 is 2.64 bits per heavy atom. The molecule has 1 aromatic heterocycles. The largest absolute Gasteiger partial charge is 0.391 e. The second kappa shape index (κ2) is 3.54. The zero-order chi connectivity index (χ0) is 10.9. The van der Waals surface area contributed by atoms with Crippen molar-refractivity contribution in [3.63, 3.8) is 0 Å². The number of H-pyrrole nitrogens is 1. The molecule has 0 aliphatic rings. The quantitative estimate of drug-likeness (QED) is 0.430. The standard InChI is InChI=1S/C7H12N4O3/c1-3(12)9-5-4(8)6(13)11(2)7(14)10-5/h3,9,12H,8H2,1-2H3,(H,10,14). The lowest BCUT2D eigenvalue weighted by Gasteiger charge is -2.11. The van der Waals surface area contributed by atoms with Gasteiger partial charge in [0.2, 0.25) is 0 Å². The summed E-state index contributed by atoms with van der Waals surface area (Å²) in [6.07, 6.45) is -0.903. The number of anilines is 2. The molecule has 5 N–H and O–H groups in total. The predicted octanol–water partition coefficient (Wildman–Crippen LogP) is -1.59. The third-order valence-electron chi connectivity index (χ3n) is 1.69. The van der Waals surface area contributed by atoms with Crippen molar-refractivity contribution >= 4 is 11.5 Å². The Morgan fingerprint density at radius 2 is 2.14 bits per heavy atom. The highest BCUT2D eigenvalue weighted by molar-refractivity contribution is 5.59. The molecule has 0 aromatic carbocycles. The van der Waals surface area contributed by atoms with Gasteiger partial charge in [-0.25, -0.2) is 4.79 Å². The summed E-state index contributed by atoms with van der Waals surface area (Å²) in [5, 5.41) is 11.4. The van der Waals surface area contributed by atoms with Crippen molar-refractivity contribution in [2.75, 3.05) is 11.1 Å². The van der Waals surface area contributed by atoms with E-state index in [1.165, 1.54) is 14.0 Å². The van der Waals surface area contributed by atoms with E-state index in [1.807, 2.05) is 0 Å². The van der Waals surface area contributed by atoms with Crippen LogP contribution in [0.5, 0.6) is 0 Å². The second-order valence-corrected chi connectivity index (χ2v) is 2.90. The number of hydrogen-bond donors (Lipinski definition) is 4. The van der Waals surface area contributed by atoms with Crippen LogP contribution < -0.4 is 22.3 Å². The van der Waals surface area contributed by atoms with Crippen LogP contribution in [0.1, 0.15) is 6.92 Å². The molecule has 0 radical (unpaired) electrons. The fourth-order valence-electron chi connectivity index (χ4n) is 0.961. The van der Waals surface area contributed by atoms with E-state index in [4.69, 9.17) is 10.8 Å². The molecule has 0 aliphatic heterocycles. The molecule has 0 bridgehead atoms. The minimum atomic E-state index is -0.903. The molecule has 1 atom stereocenters. The molecule has 0 saturated carbocycles. The van der Waals surface area contributed by atoms with Gasteiger partial charge in [0.25, 0.3) is 5.56 Å². The molecule has 0 amide bonds. The molecule has 0 saturated heterocycles. The van der Waals surface area contributed by atoms with Gasteiger partial charge in [-0.05, 0) is 6.92 Å². The van der Waals surface area contributed by atoms with Crippen molar-refractivity contribution in [2.24, 2.45) is 7.05 Å². The van der Waals surface area contributed by atoms with Crippen LogP contribution in [0.2, 0.25) is 0 Å². The van der Waals surface area contributed by atoms with Crippen molar-refractivity contribution in [1.29, 1.82) is 0 Å². The topological polar surface area (TPSA) is 113 Å². The number of nitrogens with zero attached hydrogens (tertiary/aromatic N) is 1. The van der Waals surface area contributed by atoms with Crippen molar-refractivity contribution in [2.45, 2.75) is 13.2 Å². The first-order chi connectivity index (χ1) is 6.43. The van der Waals surface area contributed by atoms with E-state index in [2.05, 4.69) is 10.3 Å². The second-order valence-electron chi connectivity index (χ2n) is 2.90. The van der Waals surface area contributed by atoms with Gasteiger partial charge >= 0.3 is 5.69 Å². The van der Waals surface area contributed by atoms with Gasteiger partial charge in [-0.2, -0.15) is 0 Å². The number of aromatic nitrogens is 2. The minimum absolute atomic E-state index is 0.0353. The highest BCUT2D eigenvalue weighted by Gasteiger charge is 2.09. The van der Waals surface area contributed by atoms with Crippen LogP contribution in [0.15, 0.2) is 9.59 Å². The van der Waals surface area contributed by atoms with Crippen LogP contribution in [0, 0.1) is 0 Å². The number of nitrogens with one attached hydrogen (secondary N) is 2. The maximum Gasteiger partial charge on any atom is 0.329 e. The summed E-state index contributed by atoms with van der Waals surface area (Å²) >= 11 is 0. The lowest BCUT2D eigenvalue weighted by molar-refractivity contribution is 0.224. The van der Waals surface area contributed by atoms with Crippen molar-refractivity contribution in [3.8, 4) is 0 Å².